The quantitative estimate of drug-likeness (QED) is 0.721. The number of hydrogen-bond donors (Lipinski definition) is 1. The fourth-order valence-corrected chi connectivity index (χ4v) is 1.53. The van der Waals surface area contributed by atoms with Crippen molar-refractivity contribution in [1.29, 1.82) is 0 Å². The van der Waals surface area contributed by atoms with Gasteiger partial charge in [-0.25, -0.2) is 9.48 Å². The first-order chi connectivity index (χ1) is 8.52. The lowest BCUT2D eigenvalue weighted by molar-refractivity contribution is -0.145. The van der Waals surface area contributed by atoms with E-state index in [0.717, 1.165) is 0 Å². The monoisotopic (exact) mass is 254 g/mol. The van der Waals surface area contributed by atoms with E-state index in [1.165, 1.54) is 18.0 Å². The van der Waals surface area contributed by atoms with Crippen molar-refractivity contribution in [2.45, 2.75) is 32.9 Å². The molecule has 0 aliphatic rings. The molecule has 1 aromatic heterocycles. The van der Waals surface area contributed by atoms with Crippen LogP contribution >= 0.6 is 0 Å². The van der Waals surface area contributed by atoms with Crippen molar-refractivity contribution < 1.29 is 14.3 Å². The average Bonchev–Trinajstić information content (AvgIpc) is 2.79. The highest BCUT2D eigenvalue weighted by molar-refractivity contribution is 5.84. The summed E-state index contributed by atoms with van der Waals surface area (Å²) in [7, 11) is 1.30. The van der Waals surface area contributed by atoms with Crippen LogP contribution < -0.4 is 5.32 Å². The van der Waals surface area contributed by atoms with E-state index in [-0.39, 0.29) is 18.4 Å². The van der Waals surface area contributed by atoms with Crippen LogP contribution in [0.15, 0.2) is 12.4 Å². The second kappa shape index (κ2) is 6.73. The largest absolute Gasteiger partial charge is 0.467 e. The Kier molecular flexibility index (Phi) is 5.29. The first-order valence-corrected chi connectivity index (χ1v) is 5.74. The molecule has 0 aliphatic carbocycles. The number of ether oxygens (including phenoxy) is 1. The number of amides is 1. The number of esters is 1. The Hall–Kier alpha value is -1.92. The molecule has 0 saturated carbocycles. The molecule has 100 valence electrons. The van der Waals surface area contributed by atoms with Crippen LogP contribution in [0.1, 0.15) is 20.3 Å². The second-order valence-electron chi connectivity index (χ2n) is 4.37. The zero-order valence-electron chi connectivity index (χ0n) is 10.8. The number of hydrogen-bond acceptors (Lipinski definition) is 5. The van der Waals surface area contributed by atoms with E-state index >= 15 is 0 Å². The van der Waals surface area contributed by atoms with Gasteiger partial charge >= 0.3 is 5.97 Å². The van der Waals surface area contributed by atoms with Crippen LogP contribution in [0, 0.1) is 5.92 Å². The summed E-state index contributed by atoms with van der Waals surface area (Å²) in [6.07, 6.45) is 3.60. The molecule has 0 aromatic carbocycles. The maximum Gasteiger partial charge on any atom is 0.328 e. The zero-order chi connectivity index (χ0) is 13.5. The van der Waals surface area contributed by atoms with Gasteiger partial charge in [-0.1, -0.05) is 19.1 Å². The third-order valence-electron chi connectivity index (χ3n) is 2.31. The van der Waals surface area contributed by atoms with Crippen LogP contribution in [0.3, 0.4) is 0 Å². The van der Waals surface area contributed by atoms with Gasteiger partial charge in [0.15, 0.2) is 0 Å². The average molecular weight is 254 g/mol. The minimum atomic E-state index is -0.619. The summed E-state index contributed by atoms with van der Waals surface area (Å²) in [5.74, 6) is -0.451. The molecule has 1 aromatic rings. The van der Waals surface area contributed by atoms with E-state index in [1.807, 2.05) is 13.8 Å². The van der Waals surface area contributed by atoms with Crippen LogP contribution in [0.2, 0.25) is 0 Å². The molecule has 1 heterocycles. The Labute approximate surface area is 105 Å². The molecule has 1 atom stereocenters. The van der Waals surface area contributed by atoms with E-state index in [1.54, 1.807) is 6.20 Å². The lowest BCUT2D eigenvalue weighted by Gasteiger charge is -2.18. The number of methoxy groups -OCH3 is 1. The Morgan fingerprint density at radius 1 is 1.44 bits per heavy atom. The van der Waals surface area contributed by atoms with E-state index < -0.39 is 12.0 Å². The predicted molar refractivity (Wildman–Crippen MR) is 63.4 cm³/mol. The fraction of sp³-hybridized carbons (Fsp3) is 0.636. The van der Waals surface area contributed by atoms with Gasteiger partial charge in [0.1, 0.15) is 12.6 Å². The van der Waals surface area contributed by atoms with Gasteiger partial charge in [-0.2, -0.15) is 0 Å². The Balaban J connectivity index is 2.54. The molecule has 1 amide bonds. The van der Waals surface area contributed by atoms with Crippen molar-refractivity contribution in [3.05, 3.63) is 12.4 Å². The first kappa shape index (κ1) is 14.1. The molecule has 0 aliphatic heterocycles. The van der Waals surface area contributed by atoms with E-state index in [2.05, 4.69) is 20.4 Å². The third kappa shape index (κ3) is 4.52. The number of carbonyl (C=O) groups excluding carboxylic acids is 2. The van der Waals surface area contributed by atoms with Crippen LogP contribution in [0.4, 0.5) is 0 Å². The molecule has 0 spiro atoms. The third-order valence-corrected chi connectivity index (χ3v) is 2.31. The first-order valence-electron chi connectivity index (χ1n) is 5.74. The standard InChI is InChI=1S/C11H18N4O3/c1-8(2)6-9(11(17)18-3)13-10(16)7-15-5-4-12-14-15/h4-5,8-9H,6-7H2,1-3H3,(H,13,16). The Bertz CT molecular complexity index is 389. The topological polar surface area (TPSA) is 86.1 Å². The number of carbonyl (C=O) groups is 2. The molecular weight excluding hydrogens is 236 g/mol. The summed E-state index contributed by atoms with van der Waals surface area (Å²) in [6.45, 7) is 3.98. The van der Waals surface area contributed by atoms with Crippen molar-refractivity contribution in [2.75, 3.05) is 7.11 Å². The number of rotatable bonds is 6. The van der Waals surface area contributed by atoms with Gasteiger partial charge in [0.2, 0.25) is 5.91 Å². The van der Waals surface area contributed by atoms with Gasteiger partial charge in [-0.15, -0.1) is 5.10 Å². The number of nitrogens with one attached hydrogen (secondary N) is 1. The summed E-state index contributed by atoms with van der Waals surface area (Å²) in [5, 5.41) is 9.91. The smallest absolute Gasteiger partial charge is 0.328 e. The van der Waals surface area contributed by atoms with Crippen molar-refractivity contribution in [3.63, 3.8) is 0 Å². The van der Waals surface area contributed by atoms with Crippen LogP contribution in [-0.2, 0) is 20.9 Å². The van der Waals surface area contributed by atoms with Gasteiger partial charge in [0.25, 0.3) is 0 Å². The SMILES string of the molecule is COC(=O)C(CC(C)C)NC(=O)Cn1ccnn1. The fourth-order valence-electron chi connectivity index (χ4n) is 1.53. The van der Waals surface area contributed by atoms with Gasteiger partial charge in [-0.05, 0) is 12.3 Å². The Morgan fingerprint density at radius 3 is 2.67 bits per heavy atom. The molecule has 1 unspecified atom stereocenters. The highest BCUT2D eigenvalue weighted by Gasteiger charge is 2.22. The van der Waals surface area contributed by atoms with Crippen molar-refractivity contribution in [1.82, 2.24) is 20.3 Å². The van der Waals surface area contributed by atoms with Crippen LogP contribution in [0.25, 0.3) is 0 Å². The lowest BCUT2D eigenvalue weighted by atomic mass is 10.0. The number of aromatic nitrogens is 3. The van der Waals surface area contributed by atoms with E-state index in [0.29, 0.717) is 6.42 Å². The maximum atomic E-state index is 11.7. The van der Waals surface area contributed by atoms with E-state index in [9.17, 15) is 9.59 Å². The van der Waals surface area contributed by atoms with Crippen molar-refractivity contribution in [3.8, 4) is 0 Å². The maximum absolute atomic E-state index is 11.7. The molecule has 1 N–H and O–H groups in total. The van der Waals surface area contributed by atoms with Crippen LogP contribution in [0.5, 0.6) is 0 Å². The summed E-state index contributed by atoms with van der Waals surface area (Å²) < 4.78 is 6.05. The number of nitrogens with zero attached hydrogens (tertiary/aromatic N) is 3. The van der Waals surface area contributed by atoms with Crippen LogP contribution in [-0.4, -0.2) is 40.0 Å². The van der Waals surface area contributed by atoms with Gasteiger partial charge in [-0.3, -0.25) is 4.79 Å². The molecule has 0 fully saturated rings. The van der Waals surface area contributed by atoms with Gasteiger partial charge in [0, 0.05) is 6.20 Å². The minimum absolute atomic E-state index is 0.0333. The molecule has 0 bridgehead atoms. The summed E-state index contributed by atoms with van der Waals surface area (Å²) in [5.41, 5.74) is 0. The van der Waals surface area contributed by atoms with Crippen molar-refractivity contribution >= 4 is 11.9 Å². The van der Waals surface area contributed by atoms with Gasteiger partial charge in [0.05, 0.1) is 13.3 Å². The lowest BCUT2D eigenvalue weighted by Crippen LogP contribution is -2.43. The molecule has 7 nitrogen and oxygen atoms in total. The highest BCUT2D eigenvalue weighted by atomic mass is 16.5. The molecule has 18 heavy (non-hydrogen) atoms. The van der Waals surface area contributed by atoms with Gasteiger partial charge < -0.3 is 10.1 Å². The summed E-state index contributed by atoms with van der Waals surface area (Å²) >= 11 is 0. The molecule has 1 rings (SSSR count). The molecular formula is C11H18N4O3. The molecule has 0 radical (unpaired) electrons. The predicted octanol–water partition coefficient (Wildman–Crippen LogP) is -0.0180. The Morgan fingerprint density at radius 2 is 2.17 bits per heavy atom. The van der Waals surface area contributed by atoms with Crippen molar-refractivity contribution in [2.24, 2.45) is 5.92 Å². The second-order valence-corrected chi connectivity index (χ2v) is 4.37. The zero-order valence-corrected chi connectivity index (χ0v) is 10.8. The minimum Gasteiger partial charge on any atom is -0.467 e. The molecule has 0 saturated heterocycles. The summed E-state index contributed by atoms with van der Waals surface area (Å²) in [6, 6.07) is -0.619. The normalized spacial score (nSPS) is 12.2. The highest BCUT2D eigenvalue weighted by Crippen LogP contribution is 2.06. The van der Waals surface area contributed by atoms with E-state index in [4.69, 9.17) is 0 Å². The summed E-state index contributed by atoms with van der Waals surface area (Å²) in [4.78, 5) is 23.2. The molecule has 7 heteroatoms.